The maximum atomic E-state index is 12.5. The summed E-state index contributed by atoms with van der Waals surface area (Å²) in [5.41, 5.74) is 0. The molecule has 0 aliphatic carbocycles. The topological polar surface area (TPSA) is 23.6 Å². The Hall–Kier alpha value is -0.390. The lowest BCUT2D eigenvalue weighted by Crippen LogP contribution is -2.41. The van der Waals surface area contributed by atoms with Gasteiger partial charge in [-0.25, -0.2) is 0 Å². The molecule has 0 saturated carbocycles. The maximum Gasteiger partial charge on any atom is 0.264 e. The summed E-state index contributed by atoms with van der Waals surface area (Å²) in [6, 6.07) is 2.40. The molecule has 0 unspecified atom stereocenters. The number of piperidine rings is 1. The van der Waals surface area contributed by atoms with Crippen molar-refractivity contribution in [2.24, 2.45) is 0 Å². The van der Waals surface area contributed by atoms with Crippen molar-refractivity contribution < 1.29 is 4.79 Å². The minimum absolute atomic E-state index is 0.217. The molecule has 4 rings (SSSR count). The van der Waals surface area contributed by atoms with Crippen LogP contribution >= 0.6 is 27.3 Å². The number of hydrogen-bond acceptors (Lipinski definition) is 3. The fourth-order valence-electron chi connectivity index (χ4n) is 2.72. The Morgan fingerprint density at radius 2 is 2.06 bits per heavy atom. The molecule has 3 aliphatic rings. The van der Waals surface area contributed by atoms with Gasteiger partial charge in [-0.05, 0) is 34.8 Å². The molecule has 3 aliphatic heterocycles. The number of fused-ring (bicyclic) bond motifs is 4. The first-order chi connectivity index (χ1) is 8.24. The Balaban J connectivity index is 1.81. The third-order valence-corrected chi connectivity index (χ3v) is 5.37. The largest absolute Gasteiger partial charge is 0.334 e. The molecule has 1 aromatic rings. The van der Waals surface area contributed by atoms with E-state index in [1.807, 2.05) is 11.4 Å². The van der Waals surface area contributed by atoms with Gasteiger partial charge in [-0.3, -0.25) is 4.79 Å². The summed E-state index contributed by atoms with van der Waals surface area (Å²) in [6.07, 6.45) is 2.27. The first-order valence-corrected chi connectivity index (χ1v) is 7.68. The van der Waals surface area contributed by atoms with E-state index < -0.39 is 0 Å². The molecule has 0 aromatic carbocycles. The molecule has 3 saturated heterocycles. The van der Waals surface area contributed by atoms with Gasteiger partial charge in [0.2, 0.25) is 0 Å². The van der Waals surface area contributed by atoms with Crippen molar-refractivity contribution in [1.82, 2.24) is 9.80 Å². The van der Waals surface area contributed by atoms with Gasteiger partial charge in [0.05, 0.1) is 4.88 Å². The van der Waals surface area contributed by atoms with E-state index >= 15 is 0 Å². The van der Waals surface area contributed by atoms with Crippen LogP contribution in [0.5, 0.6) is 0 Å². The fourth-order valence-corrected chi connectivity index (χ4v) is 4.10. The number of hydrogen-bond donors (Lipinski definition) is 0. The zero-order valence-electron chi connectivity index (χ0n) is 9.56. The summed E-state index contributed by atoms with van der Waals surface area (Å²) in [7, 11) is 0. The SMILES string of the molecule is O=C(c1cc(Br)cs1)N1CCN2CCC1CC2. The average Bonchev–Trinajstić information content (AvgIpc) is 2.58. The molecule has 1 aromatic heterocycles. The minimum Gasteiger partial charge on any atom is -0.334 e. The second-order valence-electron chi connectivity index (χ2n) is 4.70. The number of halogens is 1. The van der Waals surface area contributed by atoms with E-state index in [1.54, 1.807) is 0 Å². The summed E-state index contributed by atoms with van der Waals surface area (Å²) < 4.78 is 1.01. The molecule has 4 heterocycles. The number of carbonyl (C=O) groups excluding carboxylic acids is 1. The predicted octanol–water partition coefficient (Wildman–Crippen LogP) is 2.43. The van der Waals surface area contributed by atoms with E-state index in [0.717, 1.165) is 48.4 Å². The smallest absolute Gasteiger partial charge is 0.264 e. The molecule has 92 valence electrons. The van der Waals surface area contributed by atoms with Crippen LogP contribution in [0.25, 0.3) is 0 Å². The predicted molar refractivity (Wildman–Crippen MR) is 72.5 cm³/mol. The van der Waals surface area contributed by atoms with Gasteiger partial charge in [0, 0.05) is 42.1 Å². The third kappa shape index (κ3) is 2.28. The van der Waals surface area contributed by atoms with Crippen LogP contribution in [-0.4, -0.2) is 47.9 Å². The zero-order valence-corrected chi connectivity index (χ0v) is 12.0. The van der Waals surface area contributed by atoms with Gasteiger partial charge in [-0.15, -0.1) is 11.3 Å². The van der Waals surface area contributed by atoms with Gasteiger partial charge in [-0.2, -0.15) is 0 Å². The van der Waals surface area contributed by atoms with Crippen LogP contribution in [0.1, 0.15) is 22.5 Å². The highest BCUT2D eigenvalue weighted by atomic mass is 79.9. The first kappa shape index (κ1) is 11.7. The van der Waals surface area contributed by atoms with Gasteiger partial charge >= 0.3 is 0 Å². The van der Waals surface area contributed by atoms with Crippen LogP contribution in [0.4, 0.5) is 0 Å². The van der Waals surface area contributed by atoms with Crippen molar-refractivity contribution in [2.45, 2.75) is 18.9 Å². The maximum absolute atomic E-state index is 12.5. The molecule has 17 heavy (non-hydrogen) atoms. The second kappa shape index (κ2) is 4.71. The lowest BCUT2D eigenvalue weighted by Gasteiger charge is -2.31. The molecule has 5 heteroatoms. The van der Waals surface area contributed by atoms with Gasteiger partial charge in [-0.1, -0.05) is 0 Å². The van der Waals surface area contributed by atoms with Gasteiger partial charge in [0.15, 0.2) is 0 Å². The van der Waals surface area contributed by atoms with E-state index in [0.29, 0.717) is 6.04 Å². The number of carbonyl (C=O) groups is 1. The fraction of sp³-hybridized carbons (Fsp3) is 0.583. The Morgan fingerprint density at radius 3 is 2.71 bits per heavy atom. The summed E-state index contributed by atoms with van der Waals surface area (Å²) in [5, 5.41) is 1.98. The molecule has 2 bridgehead atoms. The zero-order chi connectivity index (χ0) is 11.8. The average molecular weight is 315 g/mol. The highest BCUT2D eigenvalue weighted by molar-refractivity contribution is 9.10. The monoisotopic (exact) mass is 314 g/mol. The molecule has 0 atom stereocenters. The lowest BCUT2D eigenvalue weighted by atomic mass is 10.1. The van der Waals surface area contributed by atoms with Crippen LogP contribution in [-0.2, 0) is 0 Å². The second-order valence-corrected chi connectivity index (χ2v) is 6.53. The standard InChI is InChI=1S/C12H15BrN2OS/c13-9-7-11(17-8-9)12(16)15-6-5-14-3-1-10(15)2-4-14/h7-8,10H,1-6H2. The Bertz CT molecular complexity index is 426. The molecule has 0 N–H and O–H groups in total. The number of rotatable bonds is 1. The van der Waals surface area contributed by atoms with Crippen molar-refractivity contribution in [1.29, 1.82) is 0 Å². The minimum atomic E-state index is 0.217. The van der Waals surface area contributed by atoms with E-state index in [-0.39, 0.29) is 5.91 Å². The first-order valence-electron chi connectivity index (χ1n) is 6.01. The van der Waals surface area contributed by atoms with E-state index in [4.69, 9.17) is 0 Å². The van der Waals surface area contributed by atoms with E-state index in [2.05, 4.69) is 25.7 Å². The van der Waals surface area contributed by atoms with Crippen LogP contribution < -0.4 is 0 Å². The molecule has 3 fully saturated rings. The third-order valence-electron chi connectivity index (χ3n) is 3.69. The molecule has 3 nitrogen and oxygen atoms in total. The summed E-state index contributed by atoms with van der Waals surface area (Å²) in [4.78, 5) is 17.9. The van der Waals surface area contributed by atoms with Gasteiger partial charge in [0.25, 0.3) is 5.91 Å². The molecule has 0 radical (unpaired) electrons. The number of thiophene rings is 1. The summed E-state index contributed by atoms with van der Waals surface area (Å²) in [5.74, 6) is 0.217. The Labute approximate surface area is 114 Å². The van der Waals surface area contributed by atoms with Crippen LogP contribution in [0, 0.1) is 0 Å². The molecular weight excluding hydrogens is 300 g/mol. The molecular formula is C12H15BrN2OS. The van der Waals surface area contributed by atoms with Crippen molar-refractivity contribution in [3.05, 3.63) is 20.8 Å². The quantitative estimate of drug-likeness (QED) is 0.795. The highest BCUT2D eigenvalue weighted by Crippen LogP contribution is 2.26. The van der Waals surface area contributed by atoms with Crippen LogP contribution in [0.15, 0.2) is 15.9 Å². The molecule has 0 spiro atoms. The van der Waals surface area contributed by atoms with Crippen LogP contribution in [0.3, 0.4) is 0 Å². The number of nitrogens with zero attached hydrogens (tertiary/aromatic N) is 2. The van der Waals surface area contributed by atoms with E-state index in [9.17, 15) is 4.79 Å². The lowest BCUT2D eigenvalue weighted by molar-refractivity contribution is 0.0690. The highest BCUT2D eigenvalue weighted by Gasteiger charge is 2.32. The van der Waals surface area contributed by atoms with Crippen molar-refractivity contribution in [2.75, 3.05) is 26.2 Å². The van der Waals surface area contributed by atoms with Crippen molar-refractivity contribution in [3.8, 4) is 0 Å². The van der Waals surface area contributed by atoms with Crippen molar-refractivity contribution in [3.63, 3.8) is 0 Å². The Morgan fingerprint density at radius 1 is 1.29 bits per heavy atom. The normalized spacial score (nSPS) is 28.2. The summed E-state index contributed by atoms with van der Waals surface area (Å²) >= 11 is 4.94. The van der Waals surface area contributed by atoms with Crippen LogP contribution in [0.2, 0.25) is 0 Å². The molecule has 1 amide bonds. The van der Waals surface area contributed by atoms with Gasteiger partial charge < -0.3 is 9.80 Å². The van der Waals surface area contributed by atoms with Crippen molar-refractivity contribution >= 4 is 33.2 Å². The van der Waals surface area contributed by atoms with E-state index in [1.165, 1.54) is 11.3 Å². The Kier molecular flexibility index (Phi) is 3.23. The van der Waals surface area contributed by atoms with Gasteiger partial charge in [0.1, 0.15) is 0 Å². The number of amides is 1. The summed E-state index contributed by atoms with van der Waals surface area (Å²) in [6.45, 7) is 4.24.